The third-order valence-electron chi connectivity index (χ3n) is 4.53. The van der Waals surface area contributed by atoms with Crippen LogP contribution in [0.1, 0.15) is 23.7 Å². The Bertz CT molecular complexity index is 897. The first-order chi connectivity index (χ1) is 13.8. The molecule has 1 aliphatic rings. The zero-order chi connectivity index (χ0) is 19.2. The van der Waals surface area contributed by atoms with Gasteiger partial charge in [-0.05, 0) is 41.0 Å². The van der Waals surface area contributed by atoms with Crippen molar-refractivity contribution in [3.63, 3.8) is 0 Å². The fourth-order valence-corrected chi connectivity index (χ4v) is 4.12. The maximum atomic E-state index is 13.0. The number of carbonyl (C=O) groups excluding carboxylic acids is 1. The molecule has 7 nitrogen and oxygen atoms in total. The Morgan fingerprint density at radius 2 is 1.93 bits per heavy atom. The van der Waals surface area contributed by atoms with Crippen LogP contribution >= 0.6 is 11.8 Å². The highest BCUT2D eigenvalue weighted by Crippen LogP contribution is 2.34. The molecule has 2 atom stereocenters. The van der Waals surface area contributed by atoms with Crippen LogP contribution in [-0.4, -0.2) is 45.4 Å². The molecule has 4 rings (SSSR count). The van der Waals surface area contributed by atoms with Crippen molar-refractivity contribution in [3.8, 4) is 5.69 Å². The predicted molar refractivity (Wildman–Crippen MR) is 106 cm³/mol. The summed E-state index contributed by atoms with van der Waals surface area (Å²) in [4.78, 5) is 13.0. The minimum Gasteiger partial charge on any atom is -0.376 e. The molecule has 28 heavy (non-hydrogen) atoms. The second-order valence-electron chi connectivity index (χ2n) is 6.50. The van der Waals surface area contributed by atoms with Crippen LogP contribution in [0.5, 0.6) is 0 Å². The first-order valence-electron chi connectivity index (χ1n) is 9.26. The van der Waals surface area contributed by atoms with Crippen LogP contribution < -0.4 is 5.32 Å². The molecule has 1 saturated heterocycles. The summed E-state index contributed by atoms with van der Waals surface area (Å²) in [6.45, 7) is 1.29. The second-order valence-corrected chi connectivity index (χ2v) is 7.57. The number of rotatable bonds is 7. The number of thioether (sulfide) groups is 1. The number of aromatic nitrogens is 4. The predicted octanol–water partition coefficient (Wildman–Crippen LogP) is 2.79. The van der Waals surface area contributed by atoms with E-state index in [1.54, 1.807) is 4.68 Å². The highest BCUT2D eigenvalue weighted by molar-refractivity contribution is 8.00. The van der Waals surface area contributed by atoms with Crippen LogP contribution in [0.2, 0.25) is 0 Å². The lowest BCUT2D eigenvalue weighted by atomic mass is 10.1. The summed E-state index contributed by atoms with van der Waals surface area (Å²) in [5.41, 5.74) is 1.75. The molecular formula is C20H21N5O2S. The van der Waals surface area contributed by atoms with Crippen LogP contribution in [0.4, 0.5) is 0 Å². The standard InChI is InChI=1S/C20H21N5O2S/c26-19(21-14-17-12-7-13-27-17)18(15-8-3-1-4-9-15)28-20-22-23-24-25(20)16-10-5-2-6-11-16/h1-6,8-11,17-18H,7,12-14H2,(H,21,26). The maximum Gasteiger partial charge on any atom is 0.238 e. The van der Waals surface area contributed by atoms with Gasteiger partial charge in [-0.2, -0.15) is 4.68 Å². The van der Waals surface area contributed by atoms with Gasteiger partial charge in [0.2, 0.25) is 11.1 Å². The van der Waals surface area contributed by atoms with Crippen molar-refractivity contribution < 1.29 is 9.53 Å². The zero-order valence-electron chi connectivity index (χ0n) is 15.3. The number of tetrazole rings is 1. The van der Waals surface area contributed by atoms with Crippen LogP contribution in [-0.2, 0) is 9.53 Å². The van der Waals surface area contributed by atoms with Gasteiger partial charge in [-0.15, -0.1) is 5.10 Å². The summed E-state index contributed by atoms with van der Waals surface area (Å²) in [6.07, 6.45) is 2.12. The molecule has 144 valence electrons. The fraction of sp³-hybridized carbons (Fsp3) is 0.300. The largest absolute Gasteiger partial charge is 0.376 e. The summed E-state index contributed by atoms with van der Waals surface area (Å²) in [5, 5.41) is 15.2. The number of carbonyl (C=O) groups is 1. The number of hydrogen-bond acceptors (Lipinski definition) is 6. The molecule has 3 aromatic rings. The molecule has 2 aromatic carbocycles. The summed E-state index contributed by atoms with van der Waals surface area (Å²) < 4.78 is 7.26. The molecule has 2 unspecified atom stereocenters. The first kappa shape index (κ1) is 18.6. The normalized spacial score (nSPS) is 17.4. The summed E-state index contributed by atoms with van der Waals surface area (Å²) in [7, 11) is 0. The van der Waals surface area contributed by atoms with E-state index in [4.69, 9.17) is 4.74 Å². The molecule has 1 aromatic heterocycles. The van der Waals surface area contributed by atoms with E-state index in [-0.39, 0.29) is 12.0 Å². The van der Waals surface area contributed by atoms with Crippen LogP contribution in [0.25, 0.3) is 5.69 Å². The van der Waals surface area contributed by atoms with E-state index in [1.807, 2.05) is 60.7 Å². The van der Waals surface area contributed by atoms with E-state index in [9.17, 15) is 4.79 Å². The maximum absolute atomic E-state index is 13.0. The minimum absolute atomic E-state index is 0.0747. The topological polar surface area (TPSA) is 81.9 Å². The second kappa shape index (κ2) is 8.99. The third-order valence-corrected chi connectivity index (χ3v) is 5.72. The number of nitrogens with zero attached hydrogens (tertiary/aromatic N) is 4. The number of ether oxygens (including phenoxy) is 1. The number of benzene rings is 2. The zero-order valence-corrected chi connectivity index (χ0v) is 16.1. The first-order valence-corrected chi connectivity index (χ1v) is 10.1. The van der Waals surface area contributed by atoms with Gasteiger partial charge in [0.25, 0.3) is 0 Å². The molecule has 0 aliphatic carbocycles. The van der Waals surface area contributed by atoms with Gasteiger partial charge in [-0.25, -0.2) is 0 Å². The smallest absolute Gasteiger partial charge is 0.238 e. The van der Waals surface area contributed by atoms with Crippen molar-refractivity contribution in [1.29, 1.82) is 0 Å². The molecule has 1 amide bonds. The molecule has 0 radical (unpaired) electrons. The van der Waals surface area contributed by atoms with Gasteiger partial charge < -0.3 is 10.1 Å². The molecular weight excluding hydrogens is 374 g/mol. The van der Waals surface area contributed by atoms with Crippen LogP contribution in [0.3, 0.4) is 0 Å². The molecule has 1 N–H and O–H groups in total. The Balaban J connectivity index is 1.55. The van der Waals surface area contributed by atoms with Gasteiger partial charge in [0.15, 0.2) is 0 Å². The van der Waals surface area contributed by atoms with Crippen molar-refractivity contribution in [2.75, 3.05) is 13.2 Å². The van der Waals surface area contributed by atoms with E-state index in [0.29, 0.717) is 11.7 Å². The lowest BCUT2D eigenvalue weighted by Crippen LogP contribution is -2.34. The van der Waals surface area contributed by atoms with Crippen LogP contribution in [0.15, 0.2) is 65.8 Å². The lowest BCUT2D eigenvalue weighted by molar-refractivity contribution is -0.121. The number of nitrogens with one attached hydrogen (secondary N) is 1. The van der Waals surface area contributed by atoms with Gasteiger partial charge in [0, 0.05) is 13.2 Å². The Kier molecular flexibility index (Phi) is 5.98. The van der Waals surface area contributed by atoms with Gasteiger partial charge >= 0.3 is 0 Å². The molecule has 8 heteroatoms. The number of hydrogen-bond donors (Lipinski definition) is 1. The Morgan fingerprint density at radius 1 is 1.18 bits per heavy atom. The van der Waals surface area contributed by atoms with Crippen molar-refractivity contribution in [2.45, 2.75) is 29.4 Å². The minimum atomic E-state index is -0.462. The average molecular weight is 395 g/mol. The highest BCUT2D eigenvalue weighted by atomic mass is 32.2. The van der Waals surface area contributed by atoms with E-state index >= 15 is 0 Å². The molecule has 0 saturated carbocycles. The van der Waals surface area contributed by atoms with E-state index in [2.05, 4.69) is 20.8 Å². The van der Waals surface area contributed by atoms with E-state index in [0.717, 1.165) is 30.7 Å². The molecule has 2 heterocycles. The van der Waals surface area contributed by atoms with Gasteiger partial charge in [-0.1, -0.05) is 60.3 Å². The quantitative estimate of drug-likeness (QED) is 0.620. The van der Waals surface area contributed by atoms with Crippen molar-refractivity contribution in [2.24, 2.45) is 0 Å². The third kappa shape index (κ3) is 4.40. The van der Waals surface area contributed by atoms with Gasteiger partial charge in [0.05, 0.1) is 11.8 Å². The Hall–Kier alpha value is -2.71. The molecule has 0 spiro atoms. The van der Waals surface area contributed by atoms with Crippen molar-refractivity contribution in [1.82, 2.24) is 25.5 Å². The molecule has 0 bridgehead atoms. The van der Waals surface area contributed by atoms with Gasteiger partial charge in [0.1, 0.15) is 5.25 Å². The van der Waals surface area contributed by atoms with E-state index in [1.165, 1.54) is 11.8 Å². The molecule has 1 fully saturated rings. The highest BCUT2D eigenvalue weighted by Gasteiger charge is 2.26. The van der Waals surface area contributed by atoms with Crippen molar-refractivity contribution >= 4 is 17.7 Å². The number of para-hydroxylation sites is 1. The van der Waals surface area contributed by atoms with Gasteiger partial charge in [-0.3, -0.25) is 4.79 Å². The Labute approximate surface area is 167 Å². The average Bonchev–Trinajstić information content (AvgIpc) is 3.43. The number of amides is 1. The molecule has 1 aliphatic heterocycles. The summed E-state index contributed by atoms with van der Waals surface area (Å²) in [5.74, 6) is -0.0747. The monoisotopic (exact) mass is 395 g/mol. The van der Waals surface area contributed by atoms with E-state index < -0.39 is 5.25 Å². The summed E-state index contributed by atoms with van der Waals surface area (Å²) >= 11 is 1.33. The van der Waals surface area contributed by atoms with Crippen molar-refractivity contribution in [3.05, 3.63) is 66.2 Å². The van der Waals surface area contributed by atoms with Crippen LogP contribution in [0, 0.1) is 0 Å². The SMILES string of the molecule is O=C(NCC1CCCO1)C(Sc1nnnn1-c1ccccc1)c1ccccc1. The Morgan fingerprint density at radius 3 is 2.64 bits per heavy atom. The fourth-order valence-electron chi connectivity index (χ4n) is 3.10. The lowest BCUT2D eigenvalue weighted by Gasteiger charge is -2.18. The summed E-state index contributed by atoms with van der Waals surface area (Å²) in [6, 6.07) is 19.3.